The van der Waals surface area contributed by atoms with Gasteiger partial charge in [-0.3, -0.25) is 0 Å². The Morgan fingerprint density at radius 1 is 1.39 bits per heavy atom. The molecule has 0 saturated heterocycles. The molecule has 0 fully saturated rings. The maximum Gasteiger partial charge on any atom is 0.422 e. The van der Waals surface area contributed by atoms with E-state index in [2.05, 4.69) is 20.0 Å². The molecule has 0 aliphatic heterocycles. The molecular weight excluding hydrogens is 267 g/mol. The van der Waals surface area contributed by atoms with Crippen molar-refractivity contribution in [3.8, 4) is 5.88 Å². The van der Waals surface area contributed by atoms with Gasteiger partial charge in [-0.2, -0.15) is 18.2 Å². The summed E-state index contributed by atoms with van der Waals surface area (Å²) in [7, 11) is 0. The molecule has 0 aliphatic carbocycles. The first-order valence-corrected chi connectivity index (χ1v) is 6.53. The van der Waals surface area contributed by atoms with Crippen molar-refractivity contribution in [3.63, 3.8) is 0 Å². The van der Waals surface area contributed by atoms with Crippen LogP contribution in [0.2, 0.25) is 0 Å². The fourth-order valence-corrected chi connectivity index (χ4v) is 1.44. The summed E-state index contributed by atoms with van der Waals surface area (Å²) in [6.45, 7) is 1.30. The number of ether oxygens (including phenoxy) is 1. The summed E-state index contributed by atoms with van der Waals surface area (Å²) in [5, 5.41) is 3.35. The third-order valence-electron chi connectivity index (χ3n) is 1.80. The lowest BCUT2D eigenvalue weighted by molar-refractivity contribution is -0.154. The van der Waals surface area contributed by atoms with Gasteiger partial charge in [0.25, 0.3) is 0 Å². The molecule has 102 valence electrons. The molecule has 1 rings (SSSR count). The van der Waals surface area contributed by atoms with Crippen molar-refractivity contribution in [2.24, 2.45) is 0 Å². The van der Waals surface area contributed by atoms with Gasteiger partial charge in [-0.05, 0) is 12.7 Å². The second-order valence-corrected chi connectivity index (χ2v) is 4.18. The summed E-state index contributed by atoms with van der Waals surface area (Å²) in [5.74, 6) is 0.388. The molecule has 0 radical (unpaired) electrons. The topological polar surface area (TPSA) is 47.0 Å². The van der Waals surface area contributed by atoms with Crippen LogP contribution >= 0.6 is 11.8 Å². The van der Waals surface area contributed by atoms with E-state index in [1.807, 2.05) is 6.92 Å². The van der Waals surface area contributed by atoms with Gasteiger partial charge in [0, 0.05) is 12.6 Å². The molecule has 0 amide bonds. The highest BCUT2D eigenvalue weighted by Gasteiger charge is 2.28. The van der Waals surface area contributed by atoms with E-state index in [0.717, 1.165) is 6.42 Å². The molecule has 0 aromatic carbocycles. The fraction of sp³-hybridized carbons (Fsp3) is 0.600. The molecule has 0 saturated carbocycles. The van der Waals surface area contributed by atoms with Crippen molar-refractivity contribution in [1.82, 2.24) is 9.97 Å². The predicted octanol–water partition coefficient (Wildman–Crippen LogP) is 2.96. The van der Waals surface area contributed by atoms with Crippen molar-refractivity contribution in [1.29, 1.82) is 0 Å². The van der Waals surface area contributed by atoms with E-state index in [1.54, 1.807) is 6.26 Å². The standard InChI is InChI=1S/C10H14F3N3OS/c1-3-4-14-7-5-8(16-9(15-7)18-2)17-6-10(11,12)13/h5H,3-4,6H2,1-2H3,(H,14,15,16). The number of hydrogen-bond donors (Lipinski definition) is 1. The van der Waals surface area contributed by atoms with Gasteiger partial charge in [0.15, 0.2) is 11.8 Å². The van der Waals surface area contributed by atoms with Crippen LogP contribution in [0.25, 0.3) is 0 Å². The molecule has 0 atom stereocenters. The van der Waals surface area contributed by atoms with Crippen LogP contribution in [-0.4, -0.2) is 35.6 Å². The maximum absolute atomic E-state index is 12.0. The van der Waals surface area contributed by atoms with E-state index in [-0.39, 0.29) is 5.88 Å². The lowest BCUT2D eigenvalue weighted by Gasteiger charge is -2.11. The Balaban J connectivity index is 2.76. The highest BCUT2D eigenvalue weighted by Crippen LogP contribution is 2.21. The zero-order chi connectivity index (χ0) is 13.6. The first-order chi connectivity index (χ1) is 8.44. The van der Waals surface area contributed by atoms with Gasteiger partial charge in [-0.1, -0.05) is 18.7 Å². The summed E-state index contributed by atoms with van der Waals surface area (Å²) in [4.78, 5) is 7.97. The van der Waals surface area contributed by atoms with Crippen LogP contribution in [0, 0.1) is 0 Å². The molecule has 1 N–H and O–H groups in total. The van der Waals surface area contributed by atoms with E-state index in [0.29, 0.717) is 17.5 Å². The highest BCUT2D eigenvalue weighted by atomic mass is 32.2. The Hall–Kier alpha value is -1.18. The van der Waals surface area contributed by atoms with Gasteiger partial charge >= 0.3 is 6.18 Å². The molecular formula is C10H14F3N3OS. The average molecular weight is 281 g/mol. The van der Waals surface area contributed by atoms with Crippen LogP contribution in [0.1, 0.15) is 13.3 Å². The third-order valence-corrected chi connectivity index (χ3v) is 2.35. The summed E-state index contributed by atoms with van der Waals surface area (Å²) < 4.78 is 40.7. The maximum atomic E-state index is 12.0. The molecule has 0 unspecified atom stereocenters. The summed E-state index contributed by atoms with van der Waals surface area (Å²) in [6, 6.07) is 1.36. The number of nitrogens with zero attached hydrogens (tertiary/aromatic N) is 2. The van der Waals surface area contributed by atoms with Gasteiger partial charge in [-0.25, -0.2) is 4.98 Å². The smallest absolute Gasteiger partial charge is 0.422 e. The van der Waals surface area contributed by atoms with Gasteiger partial charge in [-0.15, -0.1) is 0 Å². The number of anilines is 1. The molecule has 18 heavy (non-hydrogen) atoms. The largest absolute Gasteiger partial charge is 0.468 e. The minimum absolute atomic E-state index is 0.0784. The van der Waals surface area contributed by atoms with Gasteiger partial charge in [0.1, 0.15) is 5.82 Å². The molecule has 0 spiro atoms. The number of thioether (sulfide) groups is 1. The van der Waals surface area contributed by atoms with E-state index in [4.69, 9.17) is 0 Å². The number of halogens is 3. The van der Waals surface area contributed by atoms with Crippen LogP contribution in [-0.2, 0) is 0 Å². The summed E-state index contributed by atoms with van der Waals surface area (Å²) in [5.41, 5.74) is 0. The van der Waals surface area contributed by atoms with E-state index >= 15 is 0 Å². The van der Waals surface area contributed by atoms with Gasteiger partial charge in [0.2, 0.25) is 5.88 Å². The lowest BCUT2D eigenvalue weighted by Crippen LogP contribution is -2.20. The van der Waals surface area contributed by atoms with Crippen LogP contribution in [0.4, 0.5) is 19.0 Å². The number of rotatable bonds is 6. The first-order valence-electron chi connectivity index (χ1n) is 5.31. The number of hydrogen-bond acceptors (Lipinski definition) is 5. The number of nitrogens with one attached hydrogen (secondary N) is 1. The predicted molar refractivity (Wildman–Crippen MR) is 64.1 cm³/mol. The van der Waals surface area contributed by atoms with Crippen molar-refractivity contribution >= 4 is 17.6 Å². The highest BCUT2D eigenvalue weighted by molar-refractivity contribution is 7.98. The quantitative estimate of drug-likeness (QED) is 0.641. The molecule has 0 bridgehead atoms. The van der Waals surface area contributed by atoms with E-state index < -0.39 is 12.8 Å². The average Bonchev–Trinajstić information content (AvgIpc) is 2.32. The number of alkyl halides is 3. The Labute approximate surface area is 107 Å². The monoisotopic (exact) mass is 281 g/mol. The SMILES string of the molecule is CCCNc1cc(OCC(F)(F)F)nc(SC)n1. The van der Waals surface area contributed by atoms with Crippen molar-refractivity contribution in [3.05, 3.63) is 6.07 Å². The Kier molecular flexibility index (Phi) is 5.52. The molecule has 4 nitrogen and oxygen atoms in total. The summed E-state index contributed by atoms with van der Waals surface area (Å²) >= 11 is 1.24. The Morgan fingerprint density at radius 3 is 2.67 bits per heavy atom. The number of aromatic nitrogens is 2. The normalized spacial score (nSPS) is 11.4. The first kappa shape index (κ1) is 14.9. The third kappa shape index (κ3) is 5.44. The Bertz CT molecular complexity index is 387. The van der Waals surface area contributed by atoms with Crippen LogP contribution in [0.5, 0.6) is 5.88 Å². The molecule has 8 heteroatoms. The van der Waals surface area contributed by atoms with Gasteiger partial charge < -0.3 is 10.1 Å². The molecule has 0 aliphatic rings. The fourth-order valence-electron chi connectivity index (χ4n) is 1.07. The molecule has 1 aromatic rings. The van der Waals surface area contributed by atoms with E-state index in [9.17, 15) is 13.2 Å². The minimum Gasteiger partial charge on any atom is -0.468 e. The van der Waals surface area contributed by atoms with Crippen LogP contribution < -0.4 is 10.1 Å². The zero-order valence-corrected chi connectivity index (χ0v) is 10.9. The second-order valence-electron chi connectivity index (χ2n) is 3.41. The van der Waals surface area contributed by atoms with Crippen molar-refractivity contribution in [2.75, 3.05) is 24.7 Å². The van der Waals surface area contributed by atoms with Crippen molar-refractivity contribution < 1.29 is 17.9 Å². The minimum atomic E-state index is -4.37. The second kappa shape index (κ2) is 6.67. The summed E-state index contributed by atoms with van der Waals surface area (Å²) in [6.07, 6.45) is -1.74. The van der Waals surface area contributed by atoms with E-state index in [1.165, 1.54) is 17.8 Å². The van der Waals surface area contributed by atoms with Crippen molar-refractivity contribution in [2.45, 2.75) is 24.7 Å². The lowest BCUT2D eigenvalue weighted by atomic mass is 10.4. The Morgan fingerprint density at radius 2 is 2.11 bits per heavy atom. The van der Waals surface area contributed by atoms with Crippen LogP contribution in [0.3, 0.4) is 0 Å². The molecule has 1 aromatic heterocycles. The molecule has 1 heterocycles. The zero-order valence-electron chi connectivity index (χ0n) is 10.0. The van der Waals surface area contributed by atoms with Crippen LogP contribution in [0.15, 0.2) is 11.2 Å². The van der Waals surface area contributed by atoms with Gasteiger partial charge in [0.05, 0.1) is 0 Å².